The number of ether oxygens (including phenoxy) is 1. The Labute approximate surface area is 200 Å². The molecule has 1 fully saturated rings. The van der Waals surface area contributed by atoms with Gasteiger partial charge in [0, 0.05) is 24.3 Å². The average Bonchev–Trinajstić information content (AvgIpc) is 3.54. The smallest absolute Gasteiger partial charge is 0.288 e. The largest absolute Gasteiger partial charge is 0.496 e. The molecule has 2 heterocycles. The molecule has 0 unspecified atom stereocenters. The van der Waals surface area contributed by atoms with Crippen LogP contribution in [0.4, 0.5) is 10.2 Å². The highest BCUT2D eigenvalue weighted by molar-refractivity contribution is 6.02. The summed E-state index contributed by atoms with van der Waals surface area (Å²) < 4.78 is 20.8. The number of fused-ring (bicyclic) bond motifs is 1. The lowest BCUT2D eigenvalue weighted by atomic mass is 10.0. The summed E-state index contributed by atoms with van der Waals surface area (Å²) in [4.78, 5) is 25.2. The maximum atomic E-state index is 13.6. The van der Waals surface area contributed by atoms with E-state index >= 15 is 0 Å². The number of nitrogens with zero attached hydrogens (tertiary/aromatic N) is 2. The molecule has 8 nitrogen and oxygen atoms in total. The third-order valence-electron chi connectivity index (χ3n) is 6.62. The molecule has 0 bridgehead atoms. The van der Waals surface area contributed by atoms with Crippen molar-refractivity contribution < 1.29 is 13.9 Å². The van der Waals surface area contributed by atoms with Crippen molar-refractivity contribution >= 4 is 22.6 Å². The summed E-state index contributed by atoms with van der Waals surface area (Å²) in [5, 5.41) is 9.95. The first-order chi connectivity index (χ1) is 17.0. The van der Waals surface area contributed by atoms with Crippen molar-refractivity contribution in [2.24, 2.45) is 0 Å². The van der Waals surface area contributed by atoms with Crippen molar-refractivity contribution in [3.63, 3.8) is 0 Å². The standard InChI is InChI=1S/C26H26FN5O3/c1-35-21-11-10-17(27)12-19(21)25(33)29-13-15-6-8-16(9-7-15)20-14-32(18-4-2-3-5-18)23-22(20)24(28)30-31-26(23)34/h6-12,14,18H,2-5,13H2,1H3,(H2,28,30)(H,29,33)(H,31,34). The Morgan fingerprint density at radius 2 is 1.97 bits per heavy atom. The van der Waals surface area contributed by atoms with Gasteiger partial charge in [0.05, 0.1) is 18.1 Å². The minimum absolute atomic E-state index is 0.136. The first-order valence-corrected chi connectivity index (χ1v) is 11.6. The molecule has 1 aliphatic carbocycles. The summed E-state index contributed by atoms with van der Waals surface area (Å²) >= 11 is 0. The van der Waals surface area contributed by atoms with Crippen LogP contribution in [0.1, 0.15) is 47.6 Å². The van der Waals surface area contributed by atoms with Crippen LogP contribution in [-0.2, 0) is 6.54 Å². The molecular weight excluding hydrogens is 449 g/mol. The maximum Gasteiger partial charge on any atom is 0.288 e. The third-order valence-corrected chi connectivity index (χ3v) is 6.62. The minimum atomic E-state index is -0.510. The Balaban J connectivity index is 1.41. The van der Waals surface area contributed by atoms with Gasteiger partial charge in [-0.15, -0.1) is 0 Å². The molecule has 2 aromatic carbocycles. The molecule has 9 heteroatoms. The van der Waals surface area contributed by atoms with E-state index in [1.54, 1.807) is 0 Å². The van der Waals surface area contributed by atoms with Gasteiger partial charge >= 0.3 is 0 Å². The lowest BCUT2D eigenvalue weighted by Gasteiger charge is -2.12. The van der Waals surface area contributed by atoms with E-state index in [1.807, 2.05) is 30.5 Å². The predicted octanol–water partition coefficient (Wildman–Crippen LogP) is 4.17. The first-order valence-electron chi connectivity index (χ1n) is 11.6. The van der Waals surface area contributed by atoms with Crippen LogP contribution in [0.3, 0.4) is 0 Å². The van der Waals surface area contributed by atoms with Crippen LogP contribution in [0.15, 0.2) is 53.5 Å². The molecule has 180 valence electrons. The number of aromatic nitrogens is 3. The van der Waals surface area contributed by atoms with E-state index in [0.29, 0.717) is 16.7 Å². The van der Waals surface area contributed by atoms with Gasteiger partial charge in [0.15, 0.2) is 5.82 Å². The molecule has 1 saturated carbocycles. The van der Waals surface area contributed by atoms with Gasteiger partial charge in [0.1, 0.15) is 17.1 Å². The molecule has 1 amide bonds. The summed E-state index contributed by atoms with van der Waals surface area (Å²) in [5.74, 6) is -0.349. The number of rotatable bonds is 6. The summed E-state index contributed by atoms with van der Waals surface area (Å²) in [7, 11) is 1.43. The molecular formula is C26H26FN5O3. The Kier molecular flexibility index (Phi) is 5.98. The third kappa shape index (κ3) is 4.25. The molecule has 0 radical (unpaired) electrons. The summed E-state index contributed by atoms with van der Waals surface area (Å²) in [5.41, 5.74) is 9.25. The van der Waals surface area contributed by atoms with Gasteiger partial charge in [-0.05, 0) is 42.2 Å². The fourth-order valence-corrected chi connectivity index (χ4v) is 4.86. The monoisotopic (exact) mass is 475 g/mol. The second-order valence-electron chi connectivity index (χ2n) is 8.77. The Morgan fingerprint density at radius 1 is 1.23 bits per heavy atom. The lowest BCUT2D eigenvalue weighted by molar-refractivity contribution is 0.0947. The number of hydrogen-bond donors (Lipinski definition) is 3. The minimum Gasteiger partial charge on any atom is -0.496 e. The van der Waals surface area contributed by atoms with Gasteiger partial charge in [-0.3, -0.25) is 9.59 Å². The van der Waals surface area contributed by atoms with Gasteiger partial charge in [-0.25, -0.2) is 9.49 Å². The number of methoxy groups -OCH3 is 1. The van der Waals surface area contributed by atoms with Gasteiger partial charge in [-0.1, -0.05) is 37.1 Å². The highest BCUT2D eigenvalue weighted by Gasteiger charge is 2.24. The molecule has 0 aliphatic heterocycles. The molecule has 0 saturated heterocycles. The van der Waals surface area contributed by atoms with Gasteiger partial charge in [-0.2, -0.15) is 5.10 Å². The predicted molar refractivity (Wildman–Crippen MR) is 132 cm³/mol. The van der Waals surface area contributed by atoms with Crippen molar-refractivity contribution in [3.8, 4) is 16.9 Å². The van der Waals surface area contributed by atoms with Crippen LogP contribution in [0.2, 0.25) is 0 Å². The molecule has 4 N–H and O–H groups in total. The van der Waals surface area contributed by atoms with E-state index in [0.717, 1.165) is 48.4 Å². The molecule has 5 rings (SSSR count). The van der Waals surface area contributed by atoms with Crippen molar-refractivity contribution in [1.82, 2.24) is 20.1 Å². The number of amides is 1. The van der Waals surface area contributed by atoms with Crippen LogP contribution in [0.5, 0.6) is 5.75 Å². The number of halogens is 1. The lowest BCUT2D eigenvalue weighted by Crippen LogP contribution is -2.23. The molecule has 35 heavy (non-hydrogen) atoms. The number of nitrogens with two attached hydrogens (primary N) is 1. The normalized spacial score (nSPS) is 13.9. The van der Waals surface area contributed by atoms with E-state index in [4.69, 9.17) is 10.5 Å². The maximum absolute atomic E-state index is 13.6. The van der Waals surface area contributed by atoms with Crippen LogP contribution in [-0.4, -0.2) is 27.8 Å². The van der Waals surface area contributed by atoms with Crippen LogP contribution >= 0.6 is 0 Å². The van der Waals surface area contributed by atoms with Gasteiger partial charge < -0.3 is 20.4 Å². The number of nitrogen functional groups attached to an aromatic ring is 1. The Bertz CT molecular complexity index is 1450. The molecule has 0 spiro atoms. The molecule has 1 aliphatic rings. The zero-order valence-corrected chi connectivity index (χ0v) is 19.3. The van der Waals surface area contributed by atoms with E-state index in [9.17, 15) is 14.0 Å². The zero-order valence-electron chi connectivity index (χ0n) is 19.3. The van der Waals surface area contributed by atoms with E-state index in [-0.39, 0.29) is 29.5 Å². The fourth-order valence-electron chi connectivity index (χ4n) is 4.86. The topological polar surface area (TPSA) is 115 Å². The molecule has 2 aromatic heterocycles. The van der Waals surface area contributed by atoms with Gasteiger partial charge in [0.25, 0.3) is 11.5 Å². The van der Waals surface area contributed by atoms with Crippen molar-refractivity contribution in [3.05, 3.63) is 76.0 Å². The number of benzene rings is 2. The van der Waals surface area contributed by atoms with Crippen molar-refractivity contribution in [1.29, 1.82) is 0 Å². The van der Waals surface area contributed by atoms with E-state index in [1.165, 1.54) is 19.2 Å². The number of nitrogens with one attached hydrogen (secondary N) is 2. The Morgan fingerprint density at radius 3 is 2.69 bits per heavy atom. The second-order valence-corrected chi connectivity index (χ2v) is 8.77. The highest BCUT2D eigenvalue weighted by Crippen LogP contribution is 2.38. The SMILES string of the molecule is COc1ccc(F)cc1C(=O)NCc1ccc(-c2cn(C3CCCC3)c3c(=O)[nH]nc(N)c23)cc1. The van der Waals surface area contributed by atoms with Crippen molar-refractivity contribution in [2.45, 2.75) is 38.3 Å². The number of carbonyl (C=O) groups excluding carboxylic acids is 1. The van der Waals surface area contributed by atoms with Crippen LogP contribution in [0, 0.1) is 5.82 Å². The number of carbonyl (C=O) groups is 1. The Hall–Kier alpha value is -4.14. The summed E-state index contributed by atoms with van der Waals surface area (Å²) in [6, 6.07) is 11.7. The summed E-state index contributed by atoms with van der Waals surface area (Å²) in [6.07, 6.45) is 6.33. The van der Waals surface area contributed by atoms with Crippen LogP contribution in [0.25, 0.3) is 22.0 Å². The zero-order chi connectivity index (χ0) is 24.5. The van der Waals surface area contributed by atoms with Crippen LogP contribution < -0.4 is 21.3 Å². The number of hydrogen-bond acceptors (Lipinski definition) is 5. The fraction of sp³-hybridized carbons (Fsp3) is 0.269. The molecule has 0 atom stereocenters. The average molecular weight is 476 g/mol. The van der Waals surface area contributed by atoms with E-state index < -0.39 is 11.7 Å². The number of anilines is 1. The number of aromatic amines is 1. The highest BCUT2D eigenvalue weighted by atomic mass is 19.1. The van der Waals surface area contributed by atoms with Crippen molar-refractivity contribution in [2.75, 3.05) is 12.8 Å². The second kappa shape index (κ2) is 9.25. The quantitative estimate of drug-likeness (QED) is 0.387. The van der Waals surface area contributed by atoms with E-state index in [2.05, 4.69) is 20.1 Å². The molecule has 4 aromatic rings. The van der Waals surface area contributed by atoms with Gasteiger partial charge in [0.2, 0.25) is 0 Å². The first kappa shape index (κ1) is 22.6. The number of H-pyrrole nitrogens is 1. The summed E-state index contributed by atoms with van der Waals surface area (Å²) in [6.45, 7) is 0.256.